The number of allylic oxidation sites excluding steroid dienone is 36. The topological polar surface area (TPSA) is 111 Å². The van der Waals surface area contributed by atoms with Crippen LogP contribution in [-0.4, -0.2) is 70.0 Å². The third-order valence-electron chi connectivity index (χ3n) is 17.0. The maximum atomic E-state index is 12.9. The number of hydrogen-bond acceptors (Lipinski definition) is 8. The average molecular weight is 1460 g/mol. The molecule has 0 fully saturated rings. The van der Waals surface area contributed by atoms with Gasteiger partial charge in [-0.2, -0.15) is 0 Å². The van der Waals surface area contributed by atoms with Gasteiger partial charge in [-0.25, -0.2) is 0 Å². The first kappa shape index (κ1) is 98.3. The van der Waals surface area contributed by atoms with Gasteiger partial charge in [0.1, 0.15) is 19.8 Å². The van der Waals surface area contributed by atoms with Gasteiger partial charge in [0.15, 0.2) is 6.10 Å². The molecule has 0 aliphatic rings. The van der Waals surface area contributed by atoms with Crippen LogP contribution in [0.2, 0.25) is 0 Å². The molecule has 0 aromatic rings. The highest BCUT2D eigenvalue weighted by Crippen LogP contribution is 2.38. The molecule has 0 aliphatic carbocycles. The number of nitrogens with zero attached hydrogens (tertiary/aromatic N) is 1. The van der Waals surface area contributed by atoms with Crippen LogP contribution in [0.3, 0.4) is 0 Å². The number of ether oxygens (including phenoxy) is 2. The second-order valence-corrected chi connectivity index (χ2v) is 29.4. The minimum Gasteiger partial charge on any atom is -0.756 e. The summed E-state index contributed by atoms with van der Waals surface area (Å²) in [6.07, 6.45) is 129. The molecule has 0 N–H and O–H groups in total. The van der Waals surface area contributed by atoms with Crippen molar-refractivity contribution in [2.75, 3.05) is 47.5 Å². The van der Waals surface area contributed by atoms with Crippen LogP contribution in [-0.2, 0) is 32.7 Å². The van der Waals surface area contributed by atoms with Crippen LogP contribution >= 0.6 is 7.82 Å². The normalized spacial score (nSPS) is 14.2. The molecule has 0 amide bonds. The number of phosphoric acid groups is 1. The van der Waals surface area contributed by atoms with Crippen molar-refractivity contribution in [2.24, 2.45) is 0 Å². The summed E-state index contributed by atoms with van der Waals surface area (Å²) < 4.78 is 34.4. The van der Waals surface area contributed by atoms with E-state index in [1.54, 1.807) is 0 Å². The average Bonchev–Trinajstić information content (AvgIpc) is 0.920. The van der Waals surface area contributed by atoms with Crippen molar-refractivity contribution in [2.45, 2.75) is 315 Å². The summed E-state index contributed by atoms with van der Waals surface area (Å²) in [4.78, 5) is 38.2. The Morgan fingerprint density at radius 2 is 0.519 bits per heavy atom. The number of unbranched alkanes of at least 4 members (excludes halogenated alkanes) is 24. The zero-order valence-electron chi connectivity index (χ0n) is 66.9. The van der Waals surface area contributed by atoms with Gasteiger partial charge in [0, 0.05) is 12.8 Å². The molecule has 0 saturated carbocycles. The van der Waals surface area contributed by atoms with Crippen molar-refractivity contribution in [3.8, 4) is 0 Å². The molecule has 9 nitrogen and oxygen atoms in total. The Morgan fingerprint density at radius 1 is 0.298 bits per heavy atom. The Labute approximate surface area is 639 Å². The van der Waals surface area contributed by atoms with E-state index in [-0.39, 0.29) is 26.1 Å². The third-order valence-corrected chi connectivity index (χ3v) is 18.0. The summed E-state index contributed by atoms with van der Waals surface area (Å²) in [5.41, 5.74) is 0. The molecule has 0 radical (unpaired) electrons. The molecule has 2 unspecified atom stereocenters. The third kappa shape index (κ3) is 85.3. The predicted molar refractivity (Wildman–Crippen MR) is 451 cm³/mol. The number of carbonyl (C=O) groups excluding carboxylic acids is 2. The van der Waals surface area contributed by atoms with E-state index in [1.807, 2.05) is 21.1 Å². The smallest absolute Gasteiger partial charge is 0.306 e. The highest BCUT2D eigenvalue weighted by molar-refractivity contribution is 7.45. The number of hydrogen-bond donors (Lipinski definition) is 0. The Hall–Kier alpha value is -5.67. The van der Waals surface area contributed by atoms with E-state index < -0.39 is 32.5 Å². The fourth-order valence-electron chi connectivity index (χ4n) is 10.8. The van der Waals surface area contributed by atoms with Crippen molar-refractivity contribution in [1.29, 1.82) is 0 Å². The van der Waals surface area contributed by atoms with Crippen LogP contribution in [0.4, 0.5) is 0 Å². The summed E-state index contributed by atoms with van der Waals surface area (Å²) in [7, 11) is 1.13. The minimum atomic E-state index is -4.67. The summed E-state index contributed by atoms with van der Waals surface area (Å²) in [5.74, 6) is -0.868. The standard InChI is InChI=1S/C94H152NO8P/c1-6-8-10-12-14-16-18-20-22-24-26-28-30-32-34-36-38-40-42-44-46-47-49-51-53-55-57-59-61-63-65-67-69-71-73-75-77-79-81-83-85-87-94(97)103-92(91-102-104(98,99)101-89-88-95(3,4)5)90-100-93(96)86-84-82-80-78-76-74-72-70-68-66-64-62-60-58-56-54-52-50-48-45-43-41-39-37-35-33-31-29-27-25-23-21-19-17-15-13-11-9-7-2/h8-11,14-17,20-23,26-29,32-35,38-41,44,46,49,51,55,57,61,63,67,69,73,75,92H,6-7,12-13,18-19,24-25,30-31,36-37,42-43,45,47-48,50,52-54,56,58-60,62,64-66,68,70-72,74,76-91H2,1-5H3/b10-8-,11-9-,16-14-,17-15-,22-20-,23-21-,28-26-,29-27-,34-32-,35-33-,40-38-,41-39-,46-44-,51-49-,57-55-,63-61-,69-67-,75-73-. The largest absolute Gasteiger partial charge is 0.756 e. The summed E-state index contributed by atoms with van der Waals surface area (Å²) in [6.45, 7) is 3.98. The molecule has 0 aromatic heterocycles. The van der Waals surface area contributed by atoms with Crippen LogP contribution in [0.25, 0.3) is 0 Å². The van der Waals surface area contributed by atoms with Crippen LogP contribution in [0.15, 0.2) is 219 Å². The lowest BCUT2D eigenvalue weighted by atomic mass is 10.0. The van der Waals surface area contributed by atoms with E-state index in [1.165, 1.54) is 116 Å². The molecule has 104 heavy (non-hydrogen) atoms. The van der Waals surface area contributed by atoms with Crippen molar-refractivity contribution in [1.82, 2.24) is 0 Å². The molecule has 2 atom stereocenters. The van der Waals surface area contributed by atoms with Crippen LogP contribution in [0.1, 0.15) is 309 Å². The first-order chi connectivity index (χ1) is 51.0. The van der Waals surface area contributed by atoms with Crippen molar-refractivity contribution in [3.05, 3.63) is 219 Å². The lowest BCUT2D eigenvalue weighted by Crippen LogP contribution is -2.37. The van der Waals surface area contributed by atoms with Gasteiger partial charge in [0.2, 0.25) is 0 Å². The van der Waals surface area contributed by atoms with E-state index in [0.29, 0.717) is 17.4 Å². The highest BCUT2D eigenvalue weighted by atomic mass is 31.2. The molecular formula is C94H152NO8P. The van der Waals surface area contributed by atoms with Gasteiger partial charge in [0.05, 0.1) is 27.7 Å². The van der Waals surface area contributed by atoms with Gasteiger partial charge in [-0.15, -0.1) is 0 Å². The maximum Gasteiger partial charge on any atom is 0.306 e. The number of likely N-dealkylation sites (N-methyl/N-ethyl adjacent to an activating group) is 1. The molecule has 0 aliphatic heterocycles. The number of esters is 2. The molecule has 0 aromatic carbocycles. The fourth-order valence-corrected chi connectivity index (χ4v) is 11.5. The van der Waals surface area contributed by atoms with Crippen molar-refractivity contribution < 1.29 is 42.1 Å². The SMILES string of the molecule is CC/C=C\C/C=C\C/C=C\C/C=C\C/C=C\C/C=C\C/C=C\C/C=C\C/C=C\C/C=C\C/C=C\C/C=C\CCCCCCC(=O)OC(COC(=O)CCCCCCCCCCCCCCCCCCCCCC/C=C\C/C=C\C/C=C\C/C=C\C/C=C\C/C=C\CC)COP(=O)([O-])OCC[N+](C)(C)C. The van der Waals surface area contributed by atoms with Gasteiger partial charge in [-0.05, 0) is 154 Å². The molecule has 586 valence electrons. The predicted octanol–water partition coefficient (Wildman–Crippen LogP) is 27.6. The molecule has 0 saturated heterocycles. The Balaban J connectivity index is 4.08. The molecular weight excluding hydrogens is 1300 g/mol. The zero-order valence-corrected chi connectivity index (χ0v) is 67.8. The Bertz CT molecular complexity index is 2570. The van der Waals surface area contributed by atoms with Gasteiger partial charge in [-0.3, -0.25) is 14.2 Å². The first-order valence-electron chi connectivity index (χ1n) is 41.4. The van der Waals surface area contributed by atoms with Gasteiger partial charge >= 0.3 is 11.9 Å². The zero-order chi connectivity index (χ0) is 75.4. The molecule has 0 heterocycles. The number of rotatable bonds is 74. The van der Waals surface area contributed by atoms with Gasteiger partial charge in [0.25, 0.3) is 7.82 Å². The van der Waals surface area contributed by atoms with Crippen molar-refractivity contribution in [3.63, 3.8) is 0 Å². The fraction of sp³-hybridized carbons (Fsp3) is 0.596. The van der Waals surface area contributed by atoms with Gasteiger partial charge < -0.3 is 27.9 Å². The van der Waals surface area contributed by atoms with E-state index in [0.717, 1.165) is 161 Å². The highest BCUT2D eigenvalue weighted by Gasteiger charge is 2.22. The quantitative estimate of drug-likeness (QED) is 0.0195. The second-order valence-electron chi connectivity index (χ2n) is 28.0. The number of quaternary nitrogens is 1. The van der Waals surface area contributed by atoms with E-state index in [2.05, 4.69) is 233 Å². The first-order valence-corrected chi connectivity index (χ1v) is 42.9. The molecule has 0 rings (SSSR count). The molecule has 0 bridgehead atoms. The summed E-state index contributed by atoms with van der Waals surface area (Å²) in [6, 6.07) is 0. The Kier molecular flexibility index (Phi) is 77.0. The Morgan fingerprint density at radius 3 is 0.769 bits per heavy atom. The lowest BCUT2D eigenvalue weighted by Gasteiger charge is -2.28. The van der Waals surface area contributed by atoms with Crippen LogP contribution < -0.4 is 4.89 Å². The summed E-state index contributed by atoms with van der Waals surface area (Å²) >= 11 is 0. The number of carbonyl (C=O) groups is 2. The van der Waals surface area contributed by atoms with Gasteiger partial charge in [-0.1, -0.05) is 361 Å². The maximum absolute atomic E-state index is 12.9. The van der Waals surface area contributed by atoms with E-state index in [4.69, 9.17) is 18.5 Å². The van der Waals surface area contributed by atoms with Crippen molar-refractivity contribution >= 4 is 19.8 Å². The monoisotopic (exact) mass is 1450 g/mol. The van der Waals surface area contributed by atoms with Crippen LogP contribution in [0, 0.1) is 0 Å². The molecule has 0 spiro atoms. The lowest BCUT2D eigenvalue weighted by molar-refractivity contribution is -0.870. The second kappa shape index (κ2) is 81.4. The van der Waals surface area contributed by atoms with Crippen LogP contribution in [0.5, 0.6) is 0 Å². The van der Waals surface area contributed by atoms with E-state index in [9.17, 15) is 19.0 Å². The number of phosphoric ester groups is 1. The molecule has 10 heteroatoms. The summed E-state index contributed by atoms with van der Waals surface area (Å²) in [5, 5.41) is 0. The minimum absolute atomic E-state index is 0.0455. The van der Waals surface area contributed by atoms with E-state index >= 15 is 0 Å².